The second kappa shape index (κ2) is 7.01. The molecule has 2 aromatic rings. The van der Waals surface area contributed by atoms with Gasteiger partial charge < -0.3 is 9.84 Å². The van der Waals surface area contributed by atoms with E-state index in [1.54, 1.807) is 0 Å². The van der Waals surface area contributed by atoms with Gasteiger partial charge in [0, 0.05) is 12.1 Å². The van der Waals surface area contributed by atoms with Crippen LogP contribution in [-0.2, 0) is 0 Å². The number of carbonyl (C=O) groups excluding carboxylic acids is 2. The van der Waals surface area contributed by atoms with Crippen molar-refractivity contribution in [1.29, 1.82) is 0 Å². The zero-order chi connectivity index (χ0) is 18.8. The Hall–Kier alpha value is -2.76. The third-order valence-electron chi connectivity index (χ3n) is 3.56. The smallest absolute Gasteiger partial charge is 0.170 e. The third-order valence-corrected chi connectivity index (χ3v) is 3.56. The Bertz CT molecular complexity index is 828. The molecule has 132 valence electrons. The predicted octanol–water partition coefficient (Wildman–Crippen LogP) is 4.30. The van der Waals surface area contributed by atoms with E-state index in [9.17, 15) is 18.4 Å². The maximum absolute atomic E-state index is 12.9. The Balaban J connectivity index is 0.000000186. The molecule has 6 heteroatoms. The fourth-order valence-electron chi connectivity index (χ4n) is 2.43. The van der Waals surface area contributed by atoms with Gasteiger partial charge in [-0.1, -0.05) is 0 Å². The number of phenols is 1. The topological polar surface area (TPSA) is 63.6 Å². The van der Waals surface area contributed by atoms with Crippen molar-refractivity contribution >= 4 is 11.6 Å². The number of phenolic OH excluding ortho intramolecular Hbond substituents is 1. The minimum Gasteiger partial charge on any atom is -0.507 e. The van der Waals surface area contributed by atoms with Crippen molar-refractivity contribution in [2.45, 2.75) is 32.8 Å². The number of hydrogen-bond donors (Lipinski definition) is 1. The van der Waals surface area contributed by atoms with Gasteiger partial charge in [0.2, 0.25) is 0 Å². The van der Waals surface area contributed by atoms with E-state index in [1.165, 1.54) is 31.2 Å². The maximum atomic E-state index is 12.9. The van der Waals surface area contributed by atoms with Gasteiger partial charge in [0.05, 0.1) is 17.5 Å². The fourth-order valence-corrected chi connectivity index (χ4v) is 2.43. The van der Waals surface area contributed by atoms with Crippen LogP contribution in [0.1, 0.15) is 47.9 Å². The van der Waals surface area contributed by atoms with E-state index in [4.69, 9.17) is 9.84 Å². The number of hydrogen-bond acceptors (Lipinski definition) is 4. The number of Topliss-reactive ketones (excluding diaryl/α,β-unsaturated/α-hetero) is 2. The van der Waals surface area contributed by atoms with E-state index in [0.29, 0.717) is 17.7 Å². The monoisotopic (exact) mass is 348 g/mol. The number of benzene rings is 2. The molecule has 2 aromatic carbocycles. The van der Waals surface area contributed by atoms with E-state index in [1.807, 2.05) is 13.8 Å². The highest BCUT2D eigenvalue weighted by molar-refractivity contribution is 6.00. The first-order chi connectivity index (χ1) is 11.6. The number of ketones is 2. The molecule has 1 aliphatic rings. The van der Waals surface area contributed by atoms with Crippen molar-refractivity contribution in [3.63, 3.8) is 0 Å². The first-order valence-corrected chi connectivity index (χ1v) is 7.60. The molecule has 0 spiro atoms. The summed E-state index contributed by atoms with van der Waals surface area (Å²) in [6.07, 6.45) is 0.339. The molecule has 0 saturated carbocycles. The van der Waals surface area contributed by atoms with Crippen LogP contribution in [0.4, 0.5) is 8.78 Å². The van der Waals surface area contributed by atoms with Crippen LogP contribution in [0.3, 0.4) is 0 Å². The van der Waals surface area contributed by atoms with Crippen LogP contribution in [0.5, 0.6) is 11.5 Å². The molecule has 0 amide bonds. The van der Waals surface area contributed by atoms with E-state index in [-0.39, 0.29) is 28.7 Å². The van der Waals surface area contributed by atoms with Crippen LogP contribution in [0, 0.1) is 11.6 Å². The highest BCUT2D eigenvalue weighted by atomic mass is 19.1. The van der Waals surface area contributed by atoms with Crippen LogP contribution in [0.15, 0.2) is 36.4 Å². The summed E-state index contributed by atoms with van der Waals surface area (Å²) in [5.74, 6) is -1.15. The van der Waals surface area contributed by atoms with E-state index >= 15 is 0 Å². The average molecular weight is 348 g/mol. The lowest BCUT2D eigenvalue weighted by Crippen LogP contribution is -2.35. The summed E-state index contributed by atoms with van der Waals surface area (Å²) >= 11 is 0. The van der Waals surface area contributed by atoms with Gasteiger partial charge in [-0.05, 0) is 45.0 Å². The Morgan fingerprint density at radius 1 is 1.12 bits per heavy atom. The number of ether oxygens (including phenoxy) is 1. The van der Waals surface area contributed by atoms with E-state index in [2.05, 4.69) is 0 Å². The minimum absolute atomic E-state index is 0.0104. The second-order valence-corrected chi connectivity index (χ2v) is 6.32. The Morgan fingerprint density at radius 2 is 1.72 bits per heavy atom. The van der Waals surface area contributed by atoms with Crippen LogP contribution >= 0.6 is 0 Å². The van der Waals surface area contributed by atoms with Crippen molar-refractivity contribution in [2.75, 3.05) is 0 Å². The van der Waals surface area contributed by atoms with Gasteiger partial charge in [0.25, 0.3) is 0 Å². The molecule has 25 heavy (non-hydrogen) atoms. The van der Waals surface area contributed by atoms with Gasteiger partial charge >= 0.3 is 0 Å². The first-order valence-electron chi connectivity index (χ1n) is 7.60. The summed E-state index contributed by atoms with van der Waals surface area (Å²) < 4.78 is 30.7. The largest absolute Gasteiger partial charge is 0.507 e. The van der Waals surface area contributed by atoms with Crippen LogP contribution in [0.2, 0.25) is 0 Å². The molecule has 4 nitrogen and oxygen atoms in total. The van der Waals surface area contributed by atoms with Crippen LogP contribution in [-0.4, -0.2) is 22.3 Å². The lowest BCUT2D eigenvalue weighted by molar-refractivity contribution is 0.0618. The standard InChI is InChI=1S/C11H11FO2.C8H7FO2/c1-11(2)6-9(13)8-4-3-7(12)5-10(8)14-11;1-5(10)7-3-2-6(9)4-8(7)11/h3-5H,6H2,1-2H3;2-4,11H,1H3. The molecule has 1 N–H and O–H groups in total. The van der Waals surface area contributed by atoms with E-state index in [0.717, 1.165) is 12.1 Å². The zero-order valence-corrected chi connectivity index (χ0v) is 14.1. The van der Waals surface area contributed by atoms with Crippen LogP contribution < -0.4 is 4.74 Å². The number of carbonyl (C=O) groups is 2. The summed E-state index contributed by atoms with van der Waals surface area (Å²) in [5, 5.41) is 9.00. The molecular weight excluding hydrogens is 330 g/mol. The lowest BCUT2D eigenvalue weighted by Gasteiger charge is -2.31. The summed E-state index contributed by atoms with van der Waals surface area (Å²) in [6.45, 7) is 4.95. The SMILES string of the molecule is CC(=O)c1ccc(F)cc1O.CC1(C)CC(=O)c2ccc(F)cc2O1. The first kappa shape index (κ1) is 18.6. The molecule has 0 bridgehead atoms. The van der Waals surface area contributed by atoms with Gasteiger partial charge in [-0.3, -0.25) is 9.59 Å². The van der Waals surface area contributed by atoms with Crippen molar-refractivity contribution in [1.82, 2.24) is 0 Å². The highest BCUT2D eigenvalue weighted by Gasteiger charge is 2.32. The zero-order valence-electron chi connectivity index (χ0n) is 14.1. The van der Waals surface area contributed by atoms with Crippen molar-refractivity contribution in [2.24, 2.45) is 0 Å². The number of halogens is 2. The van der Waals surface area contributed by atoms with Gasteiger partial charge in [-0.2, -0.15) is 0 Å². The minimum atomic E-state index is -0.549. The van der Waals surface area contributed by atoms with Gasteiger partial charge in [0.15, 0.2) is 11.6 Å². The van der Waals surface area contributed by atoms with Crippen molar-refractivity contribution < 1.29 is 28.2 Å². The lowest BCUT2D eigenvalue weighted by atomic mass is 9.93. The molecular formula is C19H18F2O4. The molecule has 3 rings (SSSR count). The molecule has 0 aromatic heterocycles. The molecule has 0 atom stereocenters. The van der Waals surface area contributed by atoms with Crippen molar-refractivity contribution in [3.8, 4) is 11.5 Å². The van der Waals surface area contributed by atoms with Crippen LogP contribution in [0.25, 0.3) is 0 Å². The Kier molecular flexibility index (Phi) is 5.21. The Morgan fingerprint density at radius 3 is 2.32 bits per heavy atom. The van der Waals surface area contributed by atoms with Gasteiger partial charge in [-0.25, -0.2) is 8.78 Å². The van der Waals surface area contributed by atoms with Gasteiger partial charge in [0.1, 0.15) is 28.7 Å². The quantitative estimate of drug-likeness (QED) is 0.780. The molecule has 1 heterocycles. The van der Waals surface area contributed by atoms with E-state index < -0.39 is 11.4 Å². The number of aromatic hydroxyl groups is 1. The maximum Gasteiger partial charge on any atom is 0.170 e. The van der Waals surface area contributed by atoms with Gasteiger partial charge in [-0.15, -0.1) is 0 Å². The number of fused-ring (bicyclic) bond motifs is 1. The molecule has 0 unspecified atom stereocenters. The normalized spacial score (nSPS) is 14.7. The summed E-state index contributed by atoms with van der Waals surface area (Å²) in [7, 11) is 0. The third kappa shape index (κ3) is 4.62. The summed E-state index contributed by atoms with van der Waals surface area (Å²) in [5.41, 5.74) is 0.0925. The average Bonchev–Trinajstić information content (AvgIpc) is 2.45. The molecule has 1 aliphatic heterocycles. The predicted molar refractivity (Wildman–Crippen MR) is 88.1 cm³/mol. The Labute approximate surface area is 144 Å². The second-order valence-electron chi connectivity index (χ2n) is 6.32. The highest BCUT2D eigenvalue weighted by Crippen LogP contribution is 2.33. The summed E-state index contributed by atoms with van der Waals surface area (Å²) in [6, 6.07) is 7.31. The molecule has 0 aliphatic carbocycles. The van der Waals surface area contributed by atoms with Crippen molar-refractivity contribution in [3.05, 3.63) is 59.2 Å². The fraction of sp³-hybridized carbons (Fsp3) is 0.263. The molecule has 0 fully saturated rings. The molecule has 0 saturated heterocycles. The number of rotatable bonds is 1. The molecule has 0 radical (unpaired) electrons. The summed E-state index contributed by atoms with van der Waals surface area (Å²) in [4.78, 5) is 22.3.